The molecule has 0 saturated heterocycles. The Labute approximate surface area is 176 Å². The zero-order chi connectivity index (χ0) is 21.3. The van der Waals surface area contributed by atoms with Crippen molar-refractivity contribution in [2.24, 2.45) is 0 Å². The number of rotatable bonds is 5. The fourth-order valence-corrected chi connectivity index (χ4v) is 3.93. The minimum absolute atomic E-state index is 0.235. The van der Waals surface area contributed by atoms with Gasteiger partial charge in [-0.05, 0) is 40.3 Å². The molecule has 0 spiro atoms. The molecule has 0 radical (unpaired) electrons. The van der Waals surface area contributed by atoms with Crippen molar-refractivity contribution < 1.29 is 14.3 Å². The Morgan fingerprint density at radius 3 is 2.17 bits per heavy atom. The van der Waals surface area contributed by atoms with Crippen molar-refractivity contribution in [1.29, 1.82) is 0 Å². The van der Waals surface area contributed by atoms with Crippen molar-refractivity contribution >= 4 is 11.5 Å². The number of aliphatic hydroxyl groups excluding tert-OH is 1. The van der Waals surface area contributed by atoms with Gasteiger partial charge in [-0.3, -0.25) is 4.79 Å². The van der Waals surface area contributed by atoms with Gasteiger partial charge in [-0.25, -0.2) is 4.39 Å². The number of benzene rings is 3. The number of halogens is 1. The van der Waals surface area contributed by atoms with E-state index in [0.717, 1.165) is 16.7 Å². The lowest BCUT2D eigenvalue weighted by Gasteiger charge is -2.28. The molecule has 4 heteroatoms. The average Bonchev–Trinajstić information content (AvgIpc) is 3.01. The van der Waals surface area contributed by atoms with E-state index in [2.05, 4.69) is 26.0 Å². The Morgan fingerprint density at radius 2 is 1.57 bits per heavy atom. The van der Waals surface area contributed by atoms with E-state index in [1.54, 1.807) is 17.0 Å². The molecule has 4 rings (SSSR count). The molecule has 0 aliphatic carbocycles. The molecule has 0 bridgehead atoms. The normalized spacial score (nSPS) is 16.6. The highest BCUT2D eigenvalue weighted by Crippen LogP contribution is 2.43. The van der Waals surface area contributed by atoms with E-state index >= 15 is 0 Å². The minimum atomic E-state index is -0.425. The molecular formula is C26H24FNO2. The molecule has 152 valence electrons. The Hall–Kier alpha value is -3.40. The Kier molecular flexibility index (Phi) is 5.40. The summed E-state index contributed by atoms with van der Waals surface area (Å²) in [6.07, 6.45) is 0. The predicted molar refractivity (Wildman–Crippen MR) is 116 cm³/mol. The van der Waals surface area contributed by atoms with Crippen LogP contribution in [0, 0.1) is 5.82 Å². The van der Waals surface area contributed by atoms with E-state index in [0.29, 0.717) is 11.5 Å². The highest BCUT2D eigenvalue weighted by atomic mass is 19.1. The summed E-state index contributed by atoms with van der Waals surface area (Å²) in [6.45, 7) is 4.54. The smallest absolute Gasteiger partial charge is 0.290 e. The second kappa shape index (κ2) is 8.15. The second-order valence-electron chi connectivity index (χ2n) is 7.91. The summed E-state index contributed by atoms with van der Waals surface area (Å²) < 4.78 is 13.3. The SMILES string of the molecule is CC(C)c1ccc([C@@H]2C(c3ccccc3)=C(O)C(=O)N2Cc2ccc(F)cc2)cc1. The van der Waals surface area contributed by atoms with Crippen LogP contribution in [0.3, 0.4) is 0 Å². The van der Waals surface area contributed by atoms with Crippen LogP contribution in [0.25, 0.3) is 5.57 Å². The molecule has 30 heavy (non-hydrogen) atoms. The maximum atomic E-state index is 13.3. The first-order valence-electron chi connectivity index (χ1n) is 10.1. The lowest BCUT2D eigenvalue weighted by molar-refractivity contribution is -0.130. The first-order valence-corrected chi connectivity index (χ1v) is 10.1. The van der Waals surface area contributed by atoms with Crippen LogP contribution in [-0.2, 0) is 11.3 Å². The zero-order valence-corrected chi connectivity index (χ0v) is 17.0. The van der Waals surface area contributed by atoms with Crippen molar-refractivity contribution in [3.8, 4) is 0 Å². The molecule has 1 amide bonds. The molecule has 3 aromatic carbocycles. The summed E-state index contributed by atoms with van der Waals surface area (Å²) in [5.41, 5.74) is 4.35. The number of nitrogens with zero attached hydrogens (tertiary/aromatic N) is 1. The van der Waals surface area contributed by atoms with Crippen LogP contribution in [0.5, 0.6) is 0 Å². The maximum Gasteiger partial charge on any atom is 0.290 e. The number of carbonyl (C=O) groups is 1. The van der Waals surface area contributed by atoms with Crippen molar-refractivity contribution in [1.82, 2.24) is 4.90 Å². The molecule has 3 nitrogen and oxygen atoms in total. The van der Waals surface area contributed by atoms with Crippen LogP contribution in [0.4, 0.5) is 4.39 Å². The molecular weight excluding hydrogens is 377 g/mol. The Bertz CT molecular complexity index is 1070. The molecule has 1 aliphatic heterocycles. The molecule has 1 heterocycles. The Morgan fingerprint density at radius 1 is 0.933 bits per heavy atom. The lowest BCUT2D eigenvalue weighted by atomic mass is 9.91. The Balaban J connectivity index is 1.78. The van der Waals surface area contributed by atoms with Gasteiger partial charge in [0.05, 0.1) is 6.04 Å². The predicted octanol–water partition coefficient (Wildman–Crippen LogP) is 6.00. The first kappa shape index (κ1) is 19.9. The molecule has 1 atom stereocenters. The lowest BCUT2D eigenvalue weighted by Crippen LogP contribution is -2.29. The largest absolute Gasteiger partial charge is 0.503 e. The van der Waals surface area contributed by atoms with Crippen LogP contribution in [0.15, 0.2) is 84.6 Å². The number of hydrogen-bond acceptors (Lipinski definition) is 2. The highest BCUT2D eigenvalue weighted by molar-refractivity contribution is 6.05. The summed E-state index contributed by atoms with van der Waals surface area (Å²) in [6, 6.07) is 23.3. The van der Waals surface area contributed by atoms with Gasteiger partial charge in [0.2, 0.25) is 0 Å². The van der Waals surface area contributed by atoms with E-state index in [9.17, 15) is 14.3 Å². The maximum absolute atomic E-state index is 13.3. The average molecular weight is 401 g/mol. The third-order valence-corrected chi connectivity index (χ3v) is 5.57. The van der Waals surface area contributed by atoms with E-state index < -0.39 is 11.9 Å². The van der Waals surface area contributed by atoms with Crippen LogP contribution in [-0.4, -0.2) is 15.9 Å². The highest BCUT2D eigenvalue weighted by Gasteiger charge is 2.40. The molecule has 0 aromatic heterocycles. The van der Waals surface area contributed by atoms with Crippen molar-refractivity contribution in [2.75, 3.05) is 0 Å². The molecule has 0 saturated carbocycles. The van der Waals surface area contributed by atoms with Gasteiger partial charge in [0, 0.05) is 12.1 Å². The van der Waals surface area contributed by atoms with Crippen molar-refractivity contribution in [3.05, 3.63) is 113 Å². The number of hydrogen-bond donors (Lipinski definition) is 1. The summed E-state index contributed by atoms with van der Waals surface area (Å²) in [5.74, 6) is -0.576. The molecule has 3 aromatic rings. The van der Waals surface area contributed by atoms with Gasteiger partial charge in [0.1, 0.15) is 5.82 Å². The van der Waals surface area contributed by atoms with Crippen molar-refractivity contribution in [2.45, 2.75) is 32.4 Å². The van der Waals surface area contributed by atoms with Crippen LogP contribution in [0.1, 0.15) is 48.1 Å². The van der Waals surface area contributed by atoms with Crippen LogP contribution >= 0.6 is 0 Å². The quantitative estimate of drug-likeness (QED) is 0.569. The van der Waals surface area contributed by atoms with E-state index in [1.165, 1.54) is 17.7 Å². The fraction of sp³-hybridized carbons (Fsp3) is 0.192. The van der Waals surface area contributed by atoms with Crippen LogP contribution in [0.2, 0.25) is 0 Å². The van der Waals surface area contributed by atoms with Gasteiger partial charge in [0.15, 0.2) is 5.76 Å². The third kappa shape index (κ3) is 3.73. The number of aliphatic hydroxyl groups is 1. The molecule has 0 unspecified atom stereocenters. The summed E-state index contributed by atoms with van der Waals surface area (Å²) in [4.78, 5) is 14.7. The zero-order valence-electron chi connectivity index (χ0n) is 17.0. The second-order valence-corrected chi connectivity index (χ2v) is 7.91. The topological polar surface area (TPSA) is 40.5 Å². The van der Waals surface area contributed by atoms with Gasteiger partial charge < -0.3 is 10.0 Å². The monoisotopic (exact) mass is 401 g/mol. The van der Waals surface area contributed by atoms with Gasteiger partial charge in [0.25, 0.3) is 5.91 Å². The minimum Gasteiger partial charge on any atom is -0.503 e. The van der Waals surface area contributed by atoms with E-state index in [1.807, 2.05) is 42.5 Å². The van der Waals surface area contributed by atoms with Crippen LogP contribution < -0.4 is 0 Å². The fourth-order valence-electron chi connectivity index (χ4n) is 3.93. The van der Waals surface area contributed by atoms with Crippen molar-refractivity contribution in [3.63, 3.8) is 0 Å². The van der Waals surface area contributed by atoms with Gasteiger partial charge in [-0.1, -0.05) is 80.6 Å². The third-order valence-electron chi connectivity index (χ3n) is 5.57. The van der Waals surface area contributed by atoms with Gasteiger partial charge in [-0.15, -0.1) is 0 Å². The van der Waals surface area contributed by atoms with E-state index in [4.69, 9.17) is 0 Å². The summed E-state index contributed by atoms with van der Waals surface area (Å²) >= 11 is 0. The molecule has 1 N–H and O–H groups in total. The van der Waals surface area contributed by atoms with Gasteiger partial charge in [-0.2, -0.15) is 0 Å². The number of carbonyl (C=O) groups excluding carboxylic acids is 1. The standard InChI is InChI=1S/C26H24FNO2/c1-17(2)19-10-12-21(13-11-19)24-23(20-6-4-3-5-7-20)25(29)26(30)28(24)16-18-8-14-22(27)15-9-18/h3-15,17,24,29H,16H2,1-2H3/t24-/m1/s1. The summed E-state index contributed by atoms with van der Waals surface area (Å²) in [5, 5.41) is 10.8. The first-order chi connectivity index (χ1) is 14.5. The number of amides is 1. The summed E-state index contributed by atoms with van der Waals surface area (Å²) in [7, 11) is 0. The van der Waals surface area contributed by atoms with Gasteiger partial charge >= 0.3 is 0 Å². The molecule has 0 fully saturated rings. The molecule has 1 aliphatic rings. The van der Waals surface area contributed by atoms with E-state index in [-0.39, 0.29) is 18.1 Å².